The predicted molar refractivity (Wildman–Crippen MR) is 145 cm³/mol. The van der Waals surface area contributed by atoms with Gasteiger partial charge >= 0.3 is 13.2 Å². The van der Waals surface area contributed by atoms with Crippen LogP contribution in [0.3, 0.4) is 0 Å². The van der Waals surface area contributed by atoms with E-state index in [1.165, 1.54) is 22.8 Å². The minimum absolute atomic E-state index is 0.111. The van der Waals surface area contributed by atoms with Gasteiger partial charge in [0.15, 0.2) is 0 Å². The van der Waals surface area contributed by atoms with E-state index in [0.717, 1.165) is 37.1 Å². The Morgan fingerprint density at radius 2 is 2.03 bits per heavy atom. The summed E-state index contributed by atoms with van der Waals surface area (Å²) in [5.41, 5.74) is 2.64. The number of likely N-dealkylation sites (N-methyl/N-ethyl adjacent to an activating group) is 1. The minimum atomic E-state index is -0.931. The molecule has 0 aromatic heterocycles. The Bertz CT molecular complexity index is 1210. The summed E-state index contributed by atoms with van der Waals surface area (Å²) in [6.45, 7) is 6.79. The number of carbonyl (C=O) groups is 2. The molecule has 2 aromatic carbocycles. The number of anilines is 2. The summed E-state index contributed by atoms with van der Waals surface area (Å²) in [4.78, 5) is 31.1. The monoisotopic (exact) mass is 540 g/mol. The van der Waals surface area contributed by atoms with Gasteiger partial charge in [-0.15, -0.1) is 0 Å². The average molecular weight is 540 g/mol. The van der Waals surface area contributed by atoms with Gasteiger partial charge in [0, 0.05) is 52.2 Å². The number of carbonyl (C=O) groups excluding carboxylic acids is 2. The maximum absolute atomic E-state index is 15.1. The molecule has 1 unspecified atom stereocenters. The molecule has 0 spiro atoms. The van der Waals surface area contributed by atoms with Crippen molar-refractivity contribution < 1.29 is 33.1 Å². The number of amides is 2. The number of hydrogen-bond acceptors (Lipinski definition) is 8. The highest BCUT2D eigenvalue weighted by Crippen LogP contribution is 2.29. The summed E-state index contributed by atoms with van der Waals surface area (Å²) in [5, 5.41) is 10.0. The number of nitrogens with zero attached hydrogens (tertiary/aromatic N) is 4. The van der Waals surface area contributed by atoms with Gasteiger partial charge in [0.05, 0.1) is 37.7 Å². The van der Waals surface area contributed by atoms with E-state index in [4.69, 9.17) is 14.1 Å². The average Bonchev–Trinajstić information content (AvgIpc) is 3.49. The molecule has 1 atom stereocenters. The first-order chi connectivity index (χ1) is 18.8. The molecule has 2 aromatic rings. The van der Waals surface area contributed by atoms with Gasteiger partial charge in [-0.05, 0) is 36.2 Å². The lowest BCUT2D eigenvalue weighted by molar-refractivity contribution is -0.128. The van der Waals surface area contributed by atoms with Crippen molar-refractivity contribution in [1.82, 2.24) is 9.80 Å². The van der Waals surface area contributed by atoms with Crippen LogP contribution in [0.4, 0.5) is 20.6 Å². The Morgan fingerprint density at radius 1 is 1.23 bits per heavy atom. The first kappa shape index (κ1) is 27.2. The molecule has 2 saturated heterocycles. The maximum atomic E-state index is 15.1. The summed E-state index contributed by atoms with van der Waals surface area (Å²) in [6.07, 6.45) is -0.164. The lowest BCUT2D eigenvalue weighted by atomic mass is 9.79. The zero-order valence-electron chi connectivity index (χ0n) is 22.3. The van der Waals surface area contributed by atoms with Crippen LogP contribution >= 0.6 is 0 Å². The largest absolute Gasteiger partial charge is 0.495 e. The van der Waals surface area contributed by atoms with Crippen molar-refractivity contribution in [2.24, 2.45) is 0 Å². The Labute approximate surface area is 228 Å². The van der Waals surface area contributed by atoms with Crippen molar-refractivity contribution in [3.8, 4) is 5.75 Å². The van der Waals surface area contributed by atoms with Crippen LogP contribution in [0, 0.1) is 5.82 Å². The molecule has 10 nitrogen and oxygen atoms in total. The second kappa shape index (κ2) is 11.8. The van der Waals surface area contributed by atoms with Gasteiger partial charge < -0.3 is 29.0 Å². The summed E-state index contributed by atoms with van der Waals surface area (Å²) in [5.74, 6) is 0.176. The number of cyclic esters (lactones) is 1. The van der Waals surface area contributed by atoms with E-state index in [1.54, 1.807) is 19.2 Å². The van der Waals surface area contributed by atoms with Crippen molar-refractivity contribution in [1.29, 1.82) is 0 Å². The molecule has 0 saturated carbocycles. The third-order valence-electron chi connectivity index (χ3n) is 7.52. The molecule has 5 rings (SSSR count). The van der Waals surface area contributed by atoms with E-state index in [1.807, 2.05) is 23.1 Å². The van der Waals surface area contributed by atoms with Gasteiger partial charge in [-0.2, -0.15) is 0 Å². The van der Waals surface area contributed by atoms with E-state index in [9.17, 15) is 14.6 Å². The minimum Gasteiger partial charge on any atom is -0.494 e. The smallest absolute Gasteiger partial charge is 0.494 e. The molecule has 3 aliphatic rings. The van der Waals surface area contributed by atoms with Crippen LogP contribution in [-0.4, -0.2) is 99.5 Å². The number of halogens is 1. The normalized spacial score (nSPS) is 19.3. The predicted octanol–water partition coefficient (Wildman–Crippen LogP) is 1.44. The van der Waals surface area contributed by atoms with Crippen molar-refractivity contribution in [2.45, 2.75) is 26.1 Å². The van der Waals surface area contributed by atoms with Crippen molar-refractivity contribution in [3.63, 3.8) is 0 Å². The van der Waals surface area contributed by atoms with Gasteiger partial charge in [-0.25, -0.2) is 9.18 Å². The molecule has 1 N–H and O–H groups in total. The molecule has 0 aliphatic carbocycles. The SMILES string of the molecule is CC(=O)N(C)CC1CN(c2ccc(N3CCN(CCCOc4cccc5c4B(O)OC5)CC3)c(F)c2)C(=O)O1. The van der Waals surface area contributed by atoms with Gasteiger partial charge in [-0.3, -0.25) is 14.6 Å². The highest BCUT2D eigenvalue weighted by Gasteiger charge is 2.34. The molecular weight excluding hydrogens is 506 g/mol. The number of piperazine rings is 1. The van der Waals surface area contributed by atoms with E-state index in [-0.39, 0.29) is 18.3 Å². The van der Waals surface area contributed by atoms with Crippen molar-refractivity contribution in [2.75, 3.05) is 69.3 Å². The Balaban J connectivity index is 1.08. The second-order valence-corrected chi connectivity index (χ2v) is 10.2. The zero-order chi connectivity index (χ0) is 27.5. The van der Waals surface area contributed by atoms with Gasteiger partial charge in [0.1, 0.15) is 17.7 Å². The van der Waals surface area contributed by atoms with Crippen LogP contribution in [0.1, 0.15) is 18.9 Å². The van der Waals surface area contributed by atoms with Crippen LogP contribution in [-0.2, 0) is 20.8 Å². The highest BCUT2D eigenvalue weighted by molar-refractivity contribution is 6.62. The molecule has 3 aliphatic heterocycles. The molecule has 3 heterocycles. The third-order valence-corrected chi connectivity index (χ3v) is 7.52. The van der Waals surface area contributed by atoms with Crippen LogP contribution < -0.4 is 20.0 Å². The van der Waals surface area contributed by atoms with E-state index < -0.39 is 19.3 Å². The highest BCUT2D eigenvalue weighted by atomic mass is 19.1. The van der Waals surface area contributed by atoms with Crippen LogP contribution in [0.2, 0.25) is 0 Å². The molecule has 2 amide bonds. The van der Waals surface area contributed by atoms with Crippen LogP contribution in [0.15, 0.2) is 36.4 Å². The Kier molecular flexibility index (Phi) is 8.24. The topological polar surface area (TPSA) is 95.0 Å². The van der Waals surface area contributed by atoms with Crippen LogP contribution in [0.5, 0.6) is 5.75 Å². The summed E-state index contributed by atoms with van der Waals surface area (Å²) in [6, 6.07) is 10.5. The number of benzene rings is 2. The summed E-state index contributed by atoms with van der Waals surface area (Å²) < 4.78 is 31.7. The fraction of sp³-hybridized carbons (Fsp3) is 0.481. The molecule has 39 heavy (non-hydrogen) atoms. The van der Waals surface area contributed by atoms with Gasteiger partial charge in [0.2, 0.25) is 5.91 Å². The van der Waals surface area contributed by atoms with Gasteiger partial charge in [-0.1, -0.05) is 12.1 Å². The Morgan fingerprint density at radius 3 is 2.77 bits per heavy atom. The number of fused-ring (bicyclic) bond motifs is 1. The molecule has 0 radical (unpaired) electrons. The zero-order valence-corrected chi connectivity index (χ0v) is 22.3. The van der Waals surface area contributed by atoms with Crippen molar-refractivity contribution >= 4 is 36.0 Å². The first-order valence-corrected chi connectivity index (χ1v) is 13.3. The quantitative estimate of drug-likeness (QED) is 0.378. The Hall–Kier alpha value is -3.35. The summed E-state index contributed by atoms with van der Waals surface area (Å²) in [7, 11) is 0.720. The summed E-state index contributed by atoms with van der Waals surface area (Å²) >= 11 is 0. The second-order valence-electron chi connectivity index (χ2n) is 10.2. The maximum Gasteiger partial charge on any atom is 0.495 e. The molecule has 0 bridgehead atoms. The lowest BCUT2D eigenvalue weighted by Crippen LogP contribution is -2.47. The number of hydrogen-bond donors (Lipinski definition) is 1. The van der Waals surface area contributed by atoms with E-state index in [0.29, 0.717) is 50.0 Å². The molecule has 12 heteroatoms. The van der Waals surface area contributed by atoms with Crippen molar-refractivity contribution in [3.05, 3.63) is 47.8 Å². The van der Waals surface area contributed by atoms with E-state index >= 15 is 4.39 Å². The van der Waals surface area contributed by atoms with Crippen LogP contribution in [0.25, 0.3) is 0 Å². The fourth-order valence-electron chi connectivity index (χ4n) is 5.24. The lowest BCUT2D eigenvalue weighted by Gasteiger charge is -2.36. The fourth-order valence-corrected chi connectivity index (χ4v) is 5.24. The number of rotatable bonds is 9. The standard InChI is InChI=1S/C27H34BFN4O6/c1-19(34)30(2)16-22-17-33(27(35)39-22)21-7-8-24(23(29)15-21)32-12-10-31(11-13-32)9-4-14-37-25-6-3-5-20-18-38-28(36)26(20)25/h3,5-8,15,22,36H,4,9-14,16-18H2,1-2H3. The molecular formula is C27H34BFN4O6. The molecule has 2 fully saturated rings. The molecule has 208 valence electrons. The van der Waals surface area contributed by atoms with Gasteiger partial charge in [0.25, 0.3) is 0 Å². The van der Waals surface area contributed by atoms with E-state index in [2.05, 4.69) is 4.90 Å². The number of ether oxygens (including phenoxy) is 2. The first-order valence-electron chi connectivity index (χ1n) is 13.3. The third kappa shape index (κ3) is 6.13.